The highest BCUT2D eigenvalue weighted by molar-refractivity contribution is 7.89. The largest absolute Gasteiger partial charge is 0.379 e. The van der Waals surface area contributed by atoms with Crippen LogP contribution in [0.25, 0.3) is 0 Å². The minimum Gasteiger partial charge on any atom is -0.379 e. The van der Waals surface area contributed by atoms with E-state index in [4.69, 9.17) is 4.74 Å². The Morgan fingerprint density at radius 3 is 2.24 bits per heavy atom. The molecule has 8 heteroatoms. The van der Waals surface area contributed by atoms with Crippen LogP contribution in [0.3, 0.4) is 0 Å². The number of halogens is 1. The van der Waals surface area contributed by atoms with Crippen molar-refractivity contribution >= 4 is 15.9 Å². The van der Waals surface area contributed by atoms with Gasteiger partial charge in [-0.3, -0.25) is 4.79 Å². The molecule has 0 saturated carbocycles. The van der Waals surface area contributed by atoms with Crippen molar-refractivity contribution in [2.24, 2.45) is 0 Å². The lowest BCUT2D eigenvalue weighted by Gasteiger charge is -2.26. The van der Waals surface area contributed by atoms with Gasteiger partial charge >= 0.3 is 0 Å². The van der Waals surface area contributed by atoms with Crippen LogP contribution in [0.1, 0.15) is 17.5 Å². The second-order valence-electron chi connectivity index (χ2n) is 7.04. The average molecular weight is 421 g/mol. The number of morpholine rings is 1. The van der Waals surface area contributed by atoms with Gasteiger partial charge in [0, 0.05) is 33.1 Å². The molecule has 0 aromatic heterocycles. The third-order valence-electron chi connectivity index (χ3n) is 4.92. The maximum absolute atomic E-state index is 13.0. The number of nitrogens with zero attached hydrogens (tertiary/aromatic N) is 2. The van der Waals surface area contributed by atoms with Gasteiger partial charge in [0.1, 0.15) is 5.82 Å². The van der Waals surface area contributed by atoms with Crippen molar-refractivity contribution in [3.05, 3.63) is 65.5 Å². The first-order valence-corrected chi connectivity index (χ1v) is 11.0. The van der Waals surface area contributed by atoms with E-state index in [9.17, 15) is 17.6 Å². The molecule has 0 N–H and O–H groups in total. The van der Waals surface area contributed by atoms with Crippen LogP contribution in [0.15, 0.2) is 53.4 Å². The molecule has 0 unspecified atom stereocenters. The van der Waals surface area contributed by atoms with Crippen LogP contribution in [0.5, 0.6) is 0 Å². The molecule has 1 fully saturated rings. The Morgan fingerprint density at radius 1 is 1.03 bits per heavy atom. The number of hydrogen-bond acceptors (Lipinski definition) is 4. The number of hydrogen-bond donors (Lipinski definition) is 0. The van der Waals surface area contributed by atoms with Crippen LogP contribution in [0.2, 0.25) is 0 Å². The molecule has 1 saturated heterocycles. The minimum absolute atomic E-state index is 0.0284. The molecule has 1 heterocycles. The minimum atomic E-state index is -3.51. The van der Waals surface area contributed by atoms with E-state index in [-0.39, 0.29) is 16.6 Å². The molecule has 0 bridgehead atoms. The van der Waals surface area contributed by atoms with Crippen molar-refractivity contribution in [1.82, 2.24) is 9.21 Å². The van der Waals surface area contributed by atoms with Gasteiger partial charge in [0.25, 0.3) is 0 Å². The van der Waals surface area contributed by atoms with Crippen molar-refractivity contribution in [2.75, 3.05) is 33.4 Å². The van der Waals surface area contributed by atoms with Gasteiger partial charge in [-0.1, -0.05) is 24.3 Å². The number of aryl methyl sites for hydroxylation is 1. The third kappa shape index (κ3) is 5.62. The van der Waals surface area contributed by atoms with Crippen molar-refractivity contribution in [3.63, 3.8) is 0 Å². The highest BCUT2D eigenvalue weighted by atomic mass is 32.2. The first kappa shape index (κ1) is 21.4. The summed E-state index contributed by atoms with van der Waals surface area (Å²) in [7, 11) is -1.80. The molecule has 0 aliphatic carbocycles. The van der Waals surface area contributed by atoms with Crippen LogP contribution < -0.4 is 0 Å². The first-order valence-electron chi connectivity index (χ1n) is 9.51. The summed E-state index contributed by atoms with van der Waals surface area (Å²) in [4.78, 5) is 14.2. The summed E-state index contributed by atoms with van der Waals surface area (Å²) in [5.41, 5.74) is 1.76. The van der Waals surface area contributed by atoms with Gasteiger partial charge in [0.15, 0.2) is 0 Å². The second-order valence-corrected chi connectivity index (χ2v) is 8.97. The summed E-state index contributed by atoms with van der Waals surface area (Å²) in [6.45, 7) is 1.95. The quantitative estimate of drug-likeness (QED) is 0.690. The smallest absolute Gasteiger partial charge is 0.243 e. The normalized spacial score (nSPS) is 15.2. The lowest BCUT2D eigenvalue weighted by atomic mass is 10.1. The van der Waals surface area contributed by atoms with Crippen molar-refractivity contribution < 1.29 is 22.3 Å². The fourth-order valence-corrected chi connectivity index (χ4v) is 4.57. The van der Waals surface area contributed by atoms with E-state index in [0.29, 0.717) is 45.7 Å². The topological polar surface area (TPSA) is 66.9 Å². The molecule has 0 atom stereocenters. The highest BCUT2D eigenvalue weighted by Crippen LogP contribution is 2.18. The number of rotatable bonds is 7. The van der Waals surface area contributed by atoms with Crippen molar-refractivity contribution in [3.8, 4) is 0 Å². The Kier molecular flexibility index (Phi) is 7.00. The molecule has 1 aliphatic heterocycles. The zero-order valence-electron chi connectivity index (χ0n) is 16.4. The molecule has 2 aromatic carbocycles. The van der Waals surface area contributed by atoms with E-state index in [1.165, 1.54) is 16.4 Å². The number of benzene rings is 2. The summed E-state index contributed by atoms with van der Waals surface area (Å²) >= 11 is 0. The summed E-state index contributed by atoms with van der Waals surface area (Å²) in [5.74, 6) is -0.332. The Hall–Kier alpha value is -2.29. The molecule has 29 heavy (non-hydrogen) atoms. The molecule has 1 aliphatic rings. The average Bonchev–Trinajstić information content (AvgIpc) is 2.74. The molecule has 0 spiro atoms. The van der Waals surface area contributed by atoms with E-state index < -0.39 is 10.0 Å². The number of carbonyl (C=O) groups excluding carboxylic acids is 1. The summed E-state index contributed by atoms with van der Waals surface area (Å²) in [6.07, 6.45) is 0.831. The van der Waals surface area contributed by atoms with Gasteiger partial charge in [-0.15, -0.1) is 0 Å². The number of carbonyl (C=O) groups is 1. The van der Waals surface area contributed by atoms with Crippen LogP contribution in [-0.4, -0.2) is 56.9 Å². The summed E-state index contributed by atoms with van der Waals surface area (Å²) in [5, 5.41) is 0. The molecule has 3 rings (SSSR count). The predicted octanol–water partition coefficient (Wildman–Crippen LogP) is 2.44. The van der Waals surface area contributed by atoms with E-state index in [1.807, 2.05) is 0 Å². The van der Waals surface area contributed by atoms with Gasteiger partial charge < -0.3 is 9.64 Å². The lowest BCUT2D eigenvalue weighted by molar-refractivity contribution is -0.130. The van der Waals surface area contributed by atoms with Crippen LogP contribution in [-0.2, 0) is 32.5 Å². The Balaban J connectivity index is 1.54. The maximum Gasteiger partial charge on any atom is 0.243 e. The van der Waals surface area contributed by atoms with E-state index in [1.54, 1.807) is 48.3 Å². The second kappa shape index (κ2) is 9.47. The van der Waals surface area contributed by atoms with E-state index in [0.717, 1.165) is 11.1 Å². The molecule has 6 nitrogen and oxygen atoms in total. The molecule has 0 radical (unpaired) electrons. The molecule has 156 valence electrons. The number of amides is 1. The van der Waals surface area contributed by atoms with Crippen molar-refractivity contribution in [2.45, 2.75) is 24.3 Å². The van der Waals surface area contributed by atoms with Crippen LogP contribution >= 0.6 is 0 Å². The van der Waals surface area contributed by atoms with Gasteiger partial charge in [-0.05, 0) is 41.8 Å². The fraction of sp³-hybridized carbons (Fsp3) is 0.381. The maximum atomic E-state index is 13.0. The van der Waals surface area contributed by atoms with Crippen LogP contribution in [0.4, 0.5) is 4.39 Å². The van der Waals surface area contributed by atoms with Gasteiger partial charge in [0.05, 0.1) is 18.1 Å². The summed E-state index contributed by atoms with van der Waals surface area (Å²) in [6, 6.07) is 12.8. The highest BCUT2D eigenvalue weighted by Gasteiger charge is 2.26. The first-order chi connectivity index (χ1) is 13.9. The number of sulfonamides is 1. The fourth-order valence-electron chi connectivity index (χ4n) is 3.16. The third-order valence-corrected chi connectivity index (χ3v) is 6.83. The number of ether oxygens (including phenoxy) is 1. The predicted molar refractivity (Wildman–Crippen MR) is 107 cm³/mol. The van der Waals surface area contributed by atoms with E-state index in [2.05, 4.69) is 0 Å². The monoisotopic (exact) mass is 420 g/mol. The Labute approximate surface area is 170 Å². The molecular weight excluding hydrogens is 395 g/mol. The zero-order chi connectivity index (χ0) is 20.9. The van der Waals surface area contributed by atoms with Gasteiger partial charge in [-0.2, -0.15) is 4.31 Å². The van der Waals surface area contributed by atoms with E-state index >= 15 is 0 Å². The van der Waals surface area contributed by atoms with Gasteiger partial charge in [-0.25, -0.2) is 12.8 Å². The lowest BCUT2D eigenvalue weighted by Crippen LogP contribution is -2.40. The standard InChI is InChI=1S/C21H25FN2O4S/c1-23(16-18-2-7-19(22)8-3-18)21(25)11-6-17-4-9-20(10-5-17)29(26,27)24-12-14-28-15-13-24/h2-5,7-10H,6,11-16H2,1H3. The summed E-state index contributed by atoms with van der Waals surface area (Å²) < 4.78 is 44.9. The van der Waals surface area contributed by atoms with Crippen molar-refractivity contribution in [1.29, 1.82) is 0 Å². The molecule has 1 amide bonds. The zero-order valence-corrected chi connectivity index (χ0v) is 17.2. The van der Waals surface area contributed by atoms with Crippen LogP contribution in [0, 0.1) is 5.82 Å². The van der Waals surface area contributed by atoms with Gasteiger partial charge in [0.2, 0.25) is 15.9 Å². The Morgan fingerprint density at radius 2 is 1.62 bits per heavy atom. The Bertz CT molecular complexity index is 924. The molecule has 2 aromatic rings. The SMILES string of the molecule is CN(Cc1ccc(F)cc1)C(=O)CCc1ccc(S(=O)(=O)N2CCOCC2)cc1. The molecular formula is C21H25FN2O4S.